The maximum Gasteiger partial charge on any atom is 0.313 e. The van der Waals surface area contributed by atoms with E-state index in [0.29, 0.717) is 0 Å². The summed E-state index contributed by atoms with van der Waals surface area (Å²) in [5.74, 6) is 0. The van der Waals surface area contributed by atoms with Crippen LogP contribution in [0.25, 0.3) is 0 Å². The van der Waals surface area contributed by atoms with E-state index in [9.17, 15) is 0 Å². The zero-order valence-electron chi connectivity index (χ0n) is 8.55. The van der Waals surface area contributed by atoms with Gasteiger partial charge in [0, 0.05) is 0 Å². The lowest BCUT2D eigenvalue weighted by Gasteiger charge is -2.35. The third-order valence-electron chi connectivity index (χ3n) is 1.47. The van der Waals surface area contributed by atoms with E-state index in [1.165, 1.54) is 0 Å². The molecule has 1 aliphatic rings. The first kappa shape index (κ1) is 13.7. The van der Waals surface area contributed by atoms with Gasteiger partial charge in [-0.3, -0.25) is 0 Å². The molecule has 5 nitrogen and oxygen atoms in total. The van der Waals surface area contributed by atoms with E-state index >= 15 is 0 Å². The minimum absolute atomic E-state index is 0. The molecule has 0 bridgehead atoms. The van der Waals surface area contributed by atoms with E-state index in [2.05, 4.69) is 0 Å². The van der Waals surface area contributed by atoms with Gasteiger partial charge in [0.25, 0.3) is 20.0 Å². The molecule has 0 amide bonds. The maximum absolute atomic E-state index is 5.89. The van der Waals surface area contributed by atoms with Crippen molar-refractivity contribution in [3.63, 3.8) is 0 Å². The highest BCUT2D eigenvalue weighted by Gasteiger charge is 2.37. The predicted octanol–water partition coefficient (Wildman–Crippen LogP) is -1.36. The number of hydrogen-bond acceptors (Lipinski definition) is 4. The van der Waals surface area contributed by atoms with Crippen molar-refractivity contribution in [2.45, 2.75) is 26.2 Å². The SMILES string of the molecule is C[Si]1(C)O[SiH2]O[SiH2]O[Si](C)(C)O1.O. The van der Waals surface area contributed by atoms with Crippen LogP contribution in [-0.4, -0.2) is 42.6 Å². The van der Waals surface area contributed by atoms with Gasteiger partial charge in [-0.25, -0.2) is 0 Å². The van der Waals surface area contributed by atoms with Crippen LogP contribution in [-0.2, 0) is 16.5 Å². The van der Waals surface area contributed by atoms with Gasteiger partial charge in [-0.15, -0.1) is 0 Å². The average Bonchev–Trinajstić information content (AvgIpc) is 1.80. The largest absolute Gasteiger partial charge is 0.425 e. The van der Waals surface area contributed by atoms with E-state index in [-0.39, 0.29) is 5.48 Å². The quantitative estimate of drug-likeness (QED) is 0.504. The fraction of sp³-hybridized carbons (Fsp3) is 1.00. The van der Waals surface area contributed by atoms with Crippen molar-refractivity contribution in [1.29, 1.82) is 0 Å². The Morgan fingerprint density at radius 1 is 0.846 bits per heavy atom. The third kappa shape index (κ3) is 5.19. The van der Waals surface area contributed by atoms with Gasteiger partial charge < -0.3 is 21.9 Å². The Kier molecular flexibility index (Phi) is 5.20. The summed E-state index contributed by atoms with van der Waals surface area (Å²) in [5.41, 5.74) is 0. The Labute approximate surface area is 85.7 Å². The van der Waals surface area contributed by atoms with E-state index in [1.54, 1.807) is 0 Å². The van der Waals surface area contributed by atoms with E-state index in [0.717, 1.165) is 0 Å². The molecule has 0 spiro atoms. The van der Waals surface area contributed by atoms with Gasteiger partial charge in [0.1, 0.15) is 0 Å². The third-order valence-corrected chi connectivity index (χ3v) is 13.2. The molecule has 0 radical (unpaired) electrons. The molecule has 1 rings (SSSR count). The molecule has 0 aromatic rings. The molecular weight excluding hydrogens is 240 g/mol. The molecule has 1 aliphatic heterocycles. The molecule has 9 heteroatoms. The van der Waals surface area contributed by atoms with Gasteiger partial charge >= 0.3 is 17.1 Å². The van der Waals surface area contributed by atoms with Crippen LogP contribution in [0, 0.1) is 0 Å². The minimum Gasteiger partial charge on any atom is -0.425 e. The van der Waals surface area contributed by atoms with Crippen molar-refractivity contribution in [1.82, 2.24) is 0 Å². The lowest BCUT2D eigenvalue weighted by Crippen LogP contribution is -2.52. The lowest BCUT2D eigenvalue weighted by atomic mass is 11.9. The van der Waals surface area contributed by atoms with Gasteiger partial charge in [0.2, 0.25) is 0 Å². The van der Waals surface area contributed by atoms with Crippen molar-refractivity contribution < 1.29 is 21.9 Å². The Morgan fingerprint density at radius 2 is 1.23 bits per heavy atom. The fourth-order valence-corrected chi connectivity index (χ4v) is 12.0. The molecule has 1 saturated heterocycles. The molecular formula is C4H18O5Si4. The van der Waals surface area contributed by atoms with Crippen LogP contribution in [0.5, 0.6) is 0 Å². The molecule has 0 atom stereocenters. The molecule has 80 valence electrons. The zero-order valence-corrected chi connectivity index (χ0v) is 13.4. The zero-order chi connectivity index (χ0) is 9.24. The molecule has 0 unspecified atom stereocenters. The normalized spacial score (nSPS) is 30.5. The van der Waals surface area contributed by atoms with Crippen molar-refractivity contribution in [2.24, 2.45) is 0 Å². The Balaban J connectivity index is 0.00000144. The molecule has 1 fully saturated rings. The Hall–Kier alpha value is 0.668. The summed E-state index contributed by atoms with van der Waals surface area (Å²) < 4.78 is 22.5. The number of rotatable bonds is 0. The molecule has 2 N–H and O–H groups in total. The maximum atomic E-state index is 5.89. The van der Waals surface area contributed by atoms with Gasteiger partial charge in [0.15, 0.2) is 0 Å². The second-order valence-corrected chi connectivity index (χ2v) is 14.5. The summed E-state index contributed by atoms with van der Waals surface area (Å²) >= 11 is 0. The highest BCUT2D eigenvalue weighted by Crippen LogP contribution is 2.17. The molecule has 0 aromatic heterocycles. The first-order valence-electron chi connectivity index (χ1n) is 3.97. The summed E-state index contributed by atoms with van der Waals surface area (Å²) in [6.45, 7) is 8.20. The van der Waals surface area contributed by atoms with Crippen LogP contribution in [0.15, 0.2) is 0 Å². The van der Waals surface area contributed by atoms with Gasteiger partial charge in [-0.05, 0) is 26.2 Å². The second kappa shape index (κ2) is 4.95. The van der Waals surface area contributed by atoms with Crippen LogP contribution < -0.4 is 0 Å². The van der Waals surface area contributed by atoms with E-state index < -0.39 is 37.1 Å². The van der Waals surface area contributed by atoms with Crippen LogP contribution in [0.4, 0.5) is 0 Å². The van der Waals surface area contributed by atoms with Gasteiger partial charge in [-0.2, -0.15) is 0 Å². The highest BCUT2D eigenvalue weighted by atomic mass is 28.5. The first-order chi connectivity index (χ1) is 5.41. The van der Waals surface area contributed by atoms with Crippen molar-refractivity contribution in [2.75, 3.05) is 0 Å². The van der Waals surface area contributed by atoms with Crippen LogP contribution in [0.3, 0.4) is 0 Å². The standard InChI is InChI=1S/C4H16O4Si4.H2O/c1-11(2)6-9-5-10-7-12(3,4)8-11;/h9-10H2,1-4H3;1H2. The highest BCUT2D eigenvalue weighted by molar-refractivity contribution is 6.82. The summed E-state index contributed by atoms with van der Waals surface area (Å²) in [4.78, 5) is 0. The smallest absolute Gasteiger partial charge is 0.313 e. The Bertz CT molecular complexity index is 147. The van der Waals surface area contributed by atoms with Crippen LogP contribution >= 0.6 is 0 Å². The van der Waals surface area contributed by atoms with Crippen LogP contribution in [0.1, 0.15) is 0 Å². The summed E-state index contributed by atoms with van der Waals surface area (Å²) in [5, 5.41) is 0. The van der Waals surface area contributed by atoms with E-state index in [1.807, 2.05) is 26.2 Å². The topological polar surface area (TPSA) is 68.4 Å². The Morgan fingerprint density at radius 3 is 1.62 bits per heavy atom. The molecule has 0 saturated carbocycles. The molecule has 13 heavy (non-hydrogen) atoms. The average molecular weight is 259 g/mol. The van der Waals surface area contributed by atoms with Crippen molar-refractivity contribution in [3.8, 4) is 0 Å². The fourth-order valence-electron chi connectivity index (χ4n) is 1.05. The first-order valence-corrected chi connectivity index (χ1v) is 11.9. The van der Waals surface area contributed by atoms with E-state index in [4.69, 9.17) is 16.5 Å². The summed E-state index contributed by atoms with van der Waals surface area (Å²) in [6.07, 6.45) is 0. The number of hydrogen-bond donors (Lipinski definition) is 0. The molecule has 0 aliphatic carbocycles. The monoisotopic (exact) mass is 258 g/mol. The predicted molar refractivity (Wildman–Crippen MR) is 60.0 cm³/mol. The molecule has 0 aromatic carbocycles. The molecule has 1 heterocycles. The van der Waals surface area contributed by atoms with Gasteiger partial charge in [-0.1, -0.05) is 0 Å². The van der Waals surface area contributed by atoms with Gasteiger partial charge in [0.05, 0.1) is 0 Å². The lowest BCUT2D eigenvalue weighted by molar-refractivity contribution is 0.286. The second-order valence-electron chi connectivity index (χ2n) is 3.63. The summed E-state index contributed by atoms with van der Waals surface area (Å²) in [7, 11) is -5.44. The van der Waals surface area contributed by atoms with Crippen LogP contribution in [0.2, 0.25) is 26.2 Å². The summed E-state index contributed by atoms with van der Waals surface area (Å²) in [6, 6.07) is 0. The van der Waals surface area contributed by atoms with Crippen molar-refractivity contribution in [3.05, 3.63) is 0 Å². The minimum atomic E-state index is -1.91. The van der Waals surface area contributed by atoms with Crippen molar-refractivity contribution >= 4 is 37.1 Å².